The Morgan fingerprint density at radius 1 is 0.958 bits per heavy atom. The maximum absolute atomic E-state index is 12.3. The van der Waals surface area contributed by atoms with E-state index in [0.29, 0.717) is 6.54 Å². The molecule has 0 radical (unpaired) electrons. The minimum Gasteiger partial charge on any atom is -0.350 e. The fourth-order valence-electron chi connectivity index (χ4n) is 2.69. The van der Waals surface area contributed by atoms with Crippen molar-refractivity contribution < 1.29 is 9.59 Å². The lowest BCUT2D eigenvalue weighted by Gasteiger charge is -2.24. The number of benzene rings is 2. The van der Waals surface area contributed by atoms with Crippen molar-refractivity contribution in [1.82, 2.24) is 5.32 Å². The van der Waals surface area contributed by atoms with Gasteiger partial charge in [0.2, 0.25) is 11.8 Å². The van der Waals surface area contributed by atoms with Crippen molar-refractivity contribution in [3.8, 4) is 0 Å². The summed E-state index contributed by atoms with van der Waals surface area (Å²) in [5, 5.41) is 2.88. The fraction of sp³-hybridized carbons (Fsp3) is 0.300. The van der Waals surface area contributed by atoms with Gasteiger partial charge < -0.3 is 10.2 Å². The van der Waals surface area contributed by atoms with E-state index in [9.17, 15) is 9.59 Å². The van der Waals surface area contributed by atoms with Crippen LogP contribution in [0.5, 0.6) is 0 Å². The number of hydrogen-bond acceptors (Lipinski definition) is 2. The van der Waals surface area contributed by atoms with Crippen LogP contribution < -0.4 is 10.2 Å². The molecule has 0 unspecified atom stereocenters. The Morgan fingerprint density at radius 3 is 2.08 bits per heavy atom. The van der Waals surface area contributed by atoms with E-state index in [-0.39, 0.29) is 18.4 Å². The number of rotatable bonds is 5. The molecule has 2 aromatic rings. The number of anilines is 1. The van der Waals surface area contributed by atoms with Crippen LogP contribution in [0.4, 0.5) is 5.69 Å². The summed E-state index contributed by atoms with van der Waals surface area (Å²) in [7, 11) is 0. The summed E-state index contributed by atoms with van der Waals surface area (Å²) in [6.45, 7) is 7.88. The van der Waals surface area contributed by atoms with Gasteiger partial charge in [-0.05, 0) is 37.5 Å². The predicted molar refractivity (Wildman–Crippen MR) is 97.0 cm³/mol. The molecule has 0 spiro atoms. The van der Waals surface area contributed by atoms with E-state index < -0.39 is 0 Å². The standard InChI is InChI=1S/C20H24N2O2/c1-14-8-10-18(11-9-14)12-21-19(24)13-22(17(4)23)20-15(2)6-5-7-16(20)3/h5-11H,12-13H2,1-4H3,(H,21,24). The van der Waals surface area contributed by atoms with E-state index in [1.54, 1.807) is 0 Å². The first-order chi connectivity index (χ1) is 11.4. The van der Waals surface area contributed by atoms with E-state index in [4.69, 9.17) is 0 Å². The Labute approximate surface area is 143 Å². The van der Waals surface area contributed by atoms with Crippen molar-refractivity contribution in [3.63, 3.8) is 0 Å². The minimum absolute atomic E-state index is 0.0207. The lowest BCUT2D eigenvalue weighted by molar-refractivity contribution is -0.123. The molecule has 0 bridgehead atoms. The monoisotopic (exact) mass is 324 g/mol. The lowest BCUT2D eigenvalue weighted by atomic mass is 10.1. The number of para-hydroxylation sites is 1. The number of carbonyl (C=O) groups excluding carboxylic acids is 2. The van der Waals surface area contributed by atoms with Crippen molar-refractivity contribution in [1.29, 1.82) is 0 Å². The third-order valence-corrected chi connectivity index (χ3v) is 4.00. The van der Waals surface area contributed by atoms with Crippen LogP contribution in [0.3, 0.4) is 0 Å². The van der Waals surface area contributed by atoms with E-state index in [2.05, 4.69) is 5.32 Å². The van der Waals surface area contributed by atoms with Crippen molar-refractivity contribution in [2.75, 3.05) is 11.4 Å². The second-order valence-corrected chi connectivity index (χ2v) is 6.11. The average Bonchev–Trinajstić information content (AvgIpc) is 2.53. The first kappa shape index (κ1) is 17.7. The molecule has 0 saturated carbocycles. The van der Waals surface area contributed by atoms with Gasteiger partial charge in [-0.25, -0.2) is 0 Å². The van der Waals surface area contributed by atoms with Crippen molar-refractivity contribution in [3.05, 3.63) is 64.7 Å². The van der Waals surface area contributed by atoms with Crippen LogP contribution >= 0.6 is 0 Å². The zero-order valence-electron chi connectivity index (χ0n) is 14.7. The van der Waals surface area contributed by atoms with E-state index >= 15 is 0 Å². The molecular weight excluding hydrogens is 300 g/mol. The molecule has 0 atom stereocenters. The maximum atomic E-state index is 12.3. The number of hydrogen-bond donors (Lipinski definition) is 1. The smallest absolute Gasteiger partial charge is 0.240 e. The zero-order valence-corrected chi connectivity index (χ0v) is 14.7. The number of nitrogens with zero attached hydrogens (tertiary/aromatic N) is 1. The summed E-state index contributed by atoms with van der Waals surface area (Å²) in [6.07, 6.45) is 0. The molecule has 0 heterocycles. The predicted octanol–water partition coefficient (Wildman–Crippen LogP) is 3.28. The number of amides is 2. The summed E-state index contributed by atoms with van der Waals surface area (Å²) in [5.74, 6) is -0.314. The van der Waals surface area contributed by atoms with Gasteiger partial charge in [-0.3, -0.25) is 9.59 Å². The topological polar surface area (TPSA) is 49.4 Å². The molecule has 126 valence electrons. The van der Waals surface area contributed by atoms with Gasteiger partial charge in [-0.2, -0.15) is 0 Å². The largest absolute Gasteiger partial charge is 0.350 e. The van der Waals surface area contributed by atoms with Gasteiger partial charge in [0, 0.05) is 13.5 Å². The molecule has 2 aromatic carbocycles. The van der Waals surface area contributed by atoms with Crippen molar-refractivity contribution in [2.24, 2.45) is 0 Å². The van der Waals surface area contributed by atoms with Crippen LogP contribution in [0, 0.1) is 20.8 Å². The Balaban J connectivity index is 2.06. The molecule has 4 nitrogen and oxygen atoms in total. The van der Waals surface area contributed by atoms with Crippen molar-refractivity contribution >= 4 is 17.5 Å². The Kier molecular flexibility index (Phi) is 5.74. The van der Waals surface area contributed by atoms with Gasteiger partial charge in [0.15, 0.2) is 0 Å². The molecule has 0 aliphatic heterocycles. The highest BCUT2D eigenvalue weighted by Gasteiger charge is 2.19. The molecular formula is C20H24N2O2. The highest BCUT2D eigenvalue weighted by molar-refractivity contribution is 5.98. The van der Waals surface area contributed by atoms with Gasteiger partial charge in [0.1, 0.15) is 6.54 Å². The van der Waals surface area contributed by atoms with Gasteiger partial charge >= 0.3 is 0 Å². The molecule has 24 heavy (non-hydrogen) atoms. The molecule has 0 aliphatic rings. The fourth-order valence-corrected chi connectivity index (χ4v) is 2.69. The second kappa shape index (κ2) is 7.77. The van der Waals surface area contributed by atoms with Crippen LogP contribution in [-0.4, -0.2) is 18.4 Å². The molecule has 0 saturated heterocycles. The van der Waals surface area contributed by atoms with E-state index in [1.165, 1.54) is 17.4 Å². The summed E-state index contributed by atoms with van der Waals surface area (Å²) in [6, 6.07) is 13.8. The number of aryl methyl sites for hydroxylation is 3. The molecule has 0 fully saturated rings. The normalized spacial score (nSPS) is 10.3. The average molecular weight is 324 g/mol. The summed E-state index contributed by atoms with van der Waals surface area (Å²) in [4.78, 5) is 25.9. The Hall–Kier alpha value is -2.62. The molecule has 2 rings (SSSR count). The minimum atomic E-state index is -0.173. The van der Waals surface area contributed by atoms with Crippen LogP contribution in [0.1, 0.15) is 29.2 Å². The third-order valence-electron chi connectivity index (χ3n) is 4.00. The molecule has 1 N–H and O–H groups in total. The second-order valence-electron chi connectivity index (χ2n) is 6.11. The van der Waals surface area contributed by atoms with Crippen LogP contribution in [0.2, 0.25) is 0 Å². The van der Waals surface area contributed by atoms with Crippen LogP contribution in [0.25, 0.3) is 0 Å². The lowest BCUT2D eigenvalue weighted by Crippen LogP contribution is -2.40. The molecule has 4 heteroatoms. The third kappa shape index (κ3) is 4.44. The molecule has 2 amide bonds. The Bertz CT molecular complexity index is 716. The van der Waals surface area contributed by atoms with Gasteiger partial charge in [-0.1, -0.05) is 48.0 Å². The first-order valence-electron chi connectivity index (χ1n) is 8.05. The van der Waals surface area contributed by atoms with Gasteiger partial charge in [0.05, 0.1) is 5.69 Å². The van der Waals surface area contributed by atoms with E-state index in [1.807, 2.05) is 63.2 Å². The summed E-state index contributed by atoms with van der Waals surface area (Å²) >= 11 is 0. The van der Waals surface area contributed by atoms with Gasteiger partial charge in [-0.15, -0.1) is 0 Å². The highest BCUT2D eigenvalue weighted by Crippen LogP contribution is 2.24. The number of nitrogens with one attached hydrogen (secondary N) is 1. The molecule has 0 aromatic heterocycles. The van der Waals surface area contributed by atoms with Crippen LogP contribution in [-0.2, 0) is 16.1 Å². The van der Waals surface area contributed by atoms with Crippen molar-refractivity contribution in [2.45, 2.75) is 34.2 Å². The Morgan fingerprint density at radius 2 is 1.54 bits per heavy atom. The number of carbonyl (C=O) groups is 2. The molecule has 0 aliphatic carbocycles. The maximum Gasteiger partial charge on any atom is 0.240 e. The summed E-state index contributed by atoms with van der Waals surface area (Å²) in [5.41, 5.74) is 5.00. The van der Waals surface area contributed by atoms with Crippen LogP contribution in [0.15, 0.2) is 42.5 Å². The zero-order chi connectivity index (χ0) is 17.7. The SMILES string of the molecule is CC(=O)N(CC(=O)NCc1ccc(C)cc1)c1c(C)cccc1C. The first-order valence-corrected chi connectivity index (χ1v) is 8.05. The quantitative estimate of drug-likeness (QED) is 0.917. The van der Waals surface area contributed by atoms with E-state index in [0.717, 1.165) is 22.4 Å². The highest BCUT2D eigenvalue weighted by atomic mass is 16.2. The van der Waals surface area contributed by atoms with Gasteiger partial charge in [0.25, 0.3) is 0 Å². The summed E-state index contributed by atoms with van der Waals surface area (Å²) < 4.78 is 0.